The van der Waals surface area contributed by atoms with Crippen LogP contribution in [0.5, 0.6) is 0 Å². The molecule has 1 aliphatic rings. The topological polar surface area (TPSA) is 81.4 Å². The molecule has 2 atom stereocenters. The van der Waals surface area contributed by atoms with E-state index < -0.39 is 26.3 Å². The second-order valence-corrected chi connectivity index (χ2v) is 7.61. The van der Waals surface area contributed by atoms with Gasteiger partial charge in [-0.15, -0.1) is 0 Å². The van der Waals surface area contributed by atoms with Crippen LogP contribution in [0.15, 0.2) is 21.5 Å². The maximum Gasteiger partial charge on any atom is 0.244 e. The highest BCUT2D eigenvalue weighted by Gasteiger charge is 2.41. The van der Waals surface area contributed by atoms with E-state index in [1.165, 1.54) is 6.07 Å². The van der Waals surface area contributed by atoms with Crippen molar-refractivity contribution >= 4 is 31.6 Å². The first-order chi connectivity index (χ1) is 9.16. The summed E-state index contributed by atoms with van der Waals surface area (Å²) in [6.45, 7) is 3.98. The van der Waals surface area contributed by atoms with Crippen molar-refractivity contribution in [2.75, 3.05) is 12.3 Å². The third-order valence-corrected chi connectivity index (χ3v) is 5.75. The van der Waals surface area contributed by atoms with Gasteiger partial charge in [0.05, 0.1) is 16.1 Å². The van der Waals surface area contributed by atoms with Gasteiger partial charge in [-0.25, -0.2) is 17.5 Å². The number of benzene rings is 1. The summed E-state index contributed by atoms with van der Waals surface area (Å²) in [6, 6.07) is 2.42. The second-order valence-electron chi connectivity index (χ2n) is 5.10. The number of sulfonamides is 1. The molecule has 0 saturated carbocycles. The summed E-state index contributed by atoms with van der Waals surface area (Å²) in [5, 5.41) is 0. The molecular formula is C12H16BrFN2O3S. The number of nitrogen functional groups attached to an aromatic ring is 1. The lowest BCUT2D eigenvalue weighted by Gasteiger charge is -2.28. The Hall–Kier alpha value is -0.700. The van der Waals surface area contributed by atoms with E-state index in [4.69, 9.17) is 10.5 Å². The van der Waals surface area contributed by atoms with E-state index in [-0.39, 0.29) is 16.3 Å². The minimum atomic E-state index is -4.03. The molecule has 1 aliphatic heterocycles. The lowest BCUT2D eigenvalue weighted by Crippen LogP contribution is -2.50. The van der Waals surface area contributed by atoms with Gasteiger partial charge in [-0.1, -0.05) is 0 Å². The molecule has 112 valence electrons. The predicted molar refractivity (Wildman–Crippen MR) is 77.3 cm³/mol. The number of rotatable bonds is 3. The molecule has 1 saturated heterocycles. The van der Waals surface area contributed by atoms with Gasteiger partial charge < -0.3 is 10.5 Å². The van der Waals surface area contributed by atoms with E-state index in [1.54, 1.807) is 13.8 Å². The number of halogens is 2. The first kappa shape index (κ1) is 15.7. The highest BCUT2D eigenvalue weighted by atomic mass is 79.9. The van der Waals surface area contributed by atoms with Crippen LogP contribution in [0.2, 0.25) is 0 Å². The first-order valence-electron chi connectivity index (χ1n) is 6.06. The fourth-order valence-electron chi connectivity index (χ4n) is 2.11. The van der Waals surface area contributed by atoms with Crippen molar-refractivity contribution in [2.45, 2.75) is 36.8 Å². The molecule has 1 fully saturated rings. The summed E-state index contributed by atoms with van der Waals surface area (Å²) in [6.07, 6.45) is 0.239. The van der Waals surface area contributed by atoms with Gasteiger partial charge in [-0.05, 0) is 48.3 Å². The molecule has 20 heavy (non-hydrogen) atoms. The molecule has 1 heterocycles. The molecule has 0 aliphatic carbocycles. The normalized spacial score (nSPS) is 26.9. The third-order valence-electron chi connectivity index (χ3n) is 3.56. The van der Waals surface area contributed by atoms with Crippen LogP contribution >= 0.6 is 15.9 Å². The van der Waals surface area contributed by atoms with Gasteiger partial charge in [-0.3, -0.25) is 0 Å². The monoisotopic (exact) mass is 366 g/mol. The summed E-state index contributed by atoms with van der Waals surface area (Å²) in [7, 11) is -4.03. The number of ether oxygens (including phenoxy) is 1. The number of anilines is 1. The quantitative estimate of drug-likeness (QED) is 0.801. The highest BCUT2D eigenvalue weighted by Crippen LogP contribution is 2.30. The minimum Gasteiger partial charge on any atom is -0.399 e. The van der Waals surface area contributed by atoms with E-state index in [2.05, 4.69) is 20.7 Å². The Morgan fingerprint density at radius 2 is 2.20 bits per heavy atom. The summed E-state index contributed by atoms with van der Waals surface area (Å²) in [5.41, 5.74) is 4.98. The molecule has 0 amide bonds. The van der Waals surface area contributed by atoms with E-state index in [1.807, 2.05) is 0 Å². The molecule has 3 N–H and O–H groups in total. The van der Waals surface area contributed by atoms with Crippen molar-refractivity contribution in [3.8, 4) is 0 Å². The SMILES string of the molecule is CC1OCCC1(C)NS(=O)(=O)c1cc(N)cc(Br)c1F. The molecule has 1 aromatic carbocycles. The summed E-state index contributed by atoms with van der Waals surface area (Å²) in [5.74, 6) is -0.859. The van der Waals surface area contributed by atoms with Crippen molar-refractivity contribution in [1.82, 2.24) is 4.72 Å². The first-order valence-corrected chi connectivity index (χ1v) is 8.33. The maximum absolute atomic E-state index is 14.0. The predicted octanol–water partition coefficient (Wildman–Crippen LogP) is 2.02. The molecule has 2 rings (SSSR count). The summed E-state index contributed by atoms with van der Waals surface area (Å²) < 4.78 is 46.7. The second kappa shape index (κ2) is 5.25. The van der Waals surface area contributed by atoms with Crippen molar-refractivity contribution in [1.29, 1.82) is 0 Å². The fourth-order valence-corrected chi connectivity index (χ4v) is 4.35. The smallest absolute Gasteiger partial charge is 0.244 e. The number of nitrogens with one attached hydrogen (secondary N) is 1. The van der Waals surface area contributed by atoms with Crippen LogP contribution in [0.1, 0.15) is 20.3 Å². The average Bonchev–Trinajstić information content (AvgIpc) is 2.63. The van der Waals surface area contributed by atoms with Gasteiger partial charge in [0, 0.05) is 12.3 Å². The molecule has 5 nitrogen and oxygen atoms in total. The molecule has 0 bridgehead atoms. The zero-order valence-corrected chi connectivity index (χ0v) is 13.5. The Kier molecular flexibility index (Phi) is 4.12. The standard InChI is InChI=1S/C12H16BrFN2O3S/c1-7-12(2,3-4-19-7)16-20(17,18)10-6-8(15)5-9(13)11(10)14/h5-7,16H,3-4,15H2,1-2H3. The van der Waals surface area contributed by atoms with Crippen LogP contribution in [0.4, 0.5) is 10.1 Å². The van der Waals surface area contributed by atoms with Gasteiger partial charge in [0.15, 0.2) is 5.82 Å². The zero-order chi connectivity index (χ0) is 15.1. The Morgan fingerprint density at radius 3 is 2.75 bits per heavy atom. The van der Waals surface area contributed by atoms with Crippen molar-refractivity contribution in [3.05, 3.63) is 22.4 Å². The molecule has 0 aromatic heterocycles. The maximum atomic E-state index is 14.0. The van der Waals surface area contributed by atoms with Crippen LogP contribution in [0, 0.1) is 5.82 Å². The van der Waals surface area contributed by atoms with Crippen LogP contribution in [-0.4, -0.2) is 26.7 Å². The van der Waals surface area contributed by atoms with Crippen LogP contribution < -0.4 is 10.5 Å². The molecule has 1 aromatic rings. The van der Waals surface area contributed by atoms with Crippen LogP contribution in [0.25, 0.3) is 0 Å². The summed E-state index contributed by atoms with van der Waals surface area (Å²) in [4.78, 5) is -0.468. The Balaban J connectivity index is 2.41. The van der Waals surface area contributed by atoms with Crippen molar-refractivity contribution in [3.63, 3.8) is 0 Å². The molecule has 0 radical (unpaired) electrons. The third kappa shape index (κ3) is 2.83. The van der Waals surface area contributed by atoms with E-state index in [9.17, 15) is 12.8 Å². The van der Waals surface area contributed by atoms with Gasteiger partial charge in [-0.2, -0.15) is 0 Å². The molecular weight excluding hydrogens is 351 g/mol. The fraction of sp³-hybridized carbons (Fsp3) is 0.500. The molecule has 2 unspecified atom stereocenters. The average molecular weight is 367 g/mol. The van der Waals surface area contributed by atoms with Crippen LogP contribution in [-0.2, 0) is 14.8 Å². The van der Waals surface area contributed by atoms with E-state index in [0.29, 0.717) is 13.0 Å². The van der Waals surface area contributed by atoms with Crippen molar-refractivity contribution < 1.29 is 17.5 Å². The lowest BCUT2D eigenvalue weighted by molar-refractivity contribution is 0.0957. The lowest BCUT2D eigenvalue weighted by atomic mass is 9.97. The number of hydrogen-bond donors (Lipinski definition) is 2. The molecule has 0 spiro atoms. The Bertz CT molecular complexity index is 638. The molecule has 8 heteroatoms. The van der Waals surface area contributed by atoms with Crippen LogP contribution in [0.3, 0.4) is 0 Å². The van der Waals surface area contributed by atoms with Gasteiger partial charge in [0.1, 0.15) is 4.90 Å². The van der Waals surface area contributed by atoms with E-state index in [0.717, 1.165) is 6.07 Å². The number of hydrogen-bond acceptors (Lipinski definition) is 4. The minimum absolute atomic E-state index is 0.0127. The van der Waals surface area contributed by atoms with Gasteiger partial charge in [0.25, 0.3) is 0 Å². The Morgan fingerprint density at radius 1 is 1.55 bits per heavy atom. The summed E-state index contributed by atoms with van der Waals surface area (Å²) >= 11 is 2.96. The van der Waals surface area contributed by atoms with E-state index >= 15 is 0 Å². The zero-order valence-electron chi connectivity index (χ0n) is 11.1. The van der Waals surface area contributed by atoms with Crippen molar-refractivity contribution in [2.24, 2.45) is 0 Å². The van der Waals surface area contributed by atoms with Gasteiger partial charge in [0.2, 0.25) is 10.0 Å². The Labute approximate surface area is 125 Å². The van der Waals surface area contributed by atoms with Gasteiger partial charge >= 0.3 is 0 Å². The largest absolute Gasteiger partial charge is 0.399 e. The highest BCUT2D eigenvalue weighted by molar-refractivity contribution is 9.10. The number of nitrogens with two attached hydrogens (primary N) is 1.